The quantitative estimate of drug-likeness (QED) is 0.629. The molecular formula is C15H14ClN. The summed E-state index contributed by atoms with van der Waals surface area (Å²) in [5.41, 5.74) is 0.766. The molecule has 0 saturated heterocycles. The topological polar surface area (TPSA) is 12.9 Å². The Labute approximate surface area is 107 Å². The molecule has 2 heteroatoms. The fourth-order valence-corrected chi connectivity index (χ4v) is 1.72. The molecule has 1 heterocycles. The predicted octanol–water partition coefficient (Wildman–Crippen LogP) is 4.29. The molecule has 0 fully saturated rings. The van der Waals surface area contributed by atoms with E-state index in [1.807, 2.05) is 24.3 Å². The van der Waals surface area contributed by atoms with Gasteiger partial charge in [0.2, 0.25) is 0 Å². The molecule has 0 radical (unpaired) electrons. The molecule has 1 aromatic heterocycles. The third-order valence-electron chi connectivity index (χ3n) is 2.30. The summed E-state index contributed by atoms with van der Waals surface area (Å²) >= 11 is 6.11. The lowest BCUT2D eigenvalue weighted by molar-refractivity contribution is 0.571. The maximum Gasteiger partial charge on any atom is 0.121 e. The summed E-state index contributed by atoms with van der Waals surface area (Å²) in [6, 6.07) is 7.93. The molecular weight excluding hydrogens is 230 g/mol. The molecule has 1 nitrogen and oxygen atoms in total. The Kier molecular flexibility index (Phi) is 3.09. The summed E-state index contributed by atoms with van der Waals surface area (Å²) < 4.78 is 0. The minimum Gasteiger partial charge on any atom is -0.246 e. The minimum atomic E-state index is -0.0254. The number of hydrogen-bond donors (Lipinski definition) is 0. The third-order valence-corrected chi connectivity index (χ3v) is 2.60. The van der Waals surface area contributed by atoms with Crippen molar-refractivity contribution in [3.8, 4) is 11.8 Å². The molecule has 0 spiro atoms. The Morgan fingerprint density at radius 3 is 2.41 bits per heavy atom. The molecule has 0 aliphatic carbocycles. The van der Waals surface area contributed by atoms with Crippen molar-refractivity contribution in [3.05, 3.63) is 41.2 Å². The van der Waals surface area contributed by atoms with E-state index in [-0.39, 0.29) is 5.41 Å². The van der Waals surface area contributed by atoms with Crippen molar-refractivity contribution in [3.63, 3.8) is 0 Å². The zero-order valence-electron chi connectivity index (χ0n) is 10.2. The molecule has 0 saturated carbocycles. The number of hydrogen-bond acceptors (Lipinski definition) is 1. The van der Waals surface area contributed by atoms with Gasteiger partial charge in [0.1, 0.15) is 5.69 Å². The van der Waals surface area contributed by atoms with Crippen LogP contribution in [-0.4, -0.2) is 4.98 Å². The molecule has 0 amide bonds. The Morgan fingerprint density at radius 1 is 1.12 bits per heavy atom. The molecule has 2 aromatic rings. The van der Waals surface area contributed by atoms with Crippen LogP contribution in [0.5, 0.6) is 0 Å². The summed E-state index contributed by atoms with van der Waals surface area (Å²) in [6.07, 6.45) is 1.66. The molecule has 0 bridgehead atoms. The van der Waals surface area contributed by atoms with Gasteiger partial charge in [-0.15, -0.1) is 0 Å². The van der Waals surface area contributed by atoms with Gasteiger partial charge in [0.25, 0.3) is 0 Å². The van der Waals surface area contributed by atoms with Crippen LogP contribution < -0.4 is 0 Å². The number of halogens is 1. The smallest absolute Gasteiger partial charge is 0.121 e. The average molecular weight is 244 g/mol. The first-order valence-corrected chi connectivity index (χ1v) is 5.91. The zero-order chi connectivity index (χ0) is 12.5. The normalized spacial score (nSPS) is 11.1. The largest absolute Gasteiger partial charge is 0.246 e. The molecule has 0 unspecified atom stereocenters. The standard InChI is InChI=1S/C15H14ClN/c1-15(2,3)9-8-14-12-7-5-4-6-11(12)13(16)10-17-14/h4-7,10H,1-3H3. The van der Waals surface area contributed by atoms with Crippen LogP contribution in [0.4, 0.5) is 0 Å². The first-order chi connectivity index (χ1) is 7.97. The molecule has 2 rings (SSSR count). The summed E-state index contributed by atoms with van der Waals surface area (Å²) in [6.45, 7) is 6.24. The van der Waals surface area contributed by atoms with Gasteiger partial charge in [-0.2, -0.15) is 0 Å². The van der Waals surface area contributed by atoms with E-state index >= 15 is 0 Å². The van der Waals surface area contributed by atoms with E-state index in [4.69, 9.17) is 11.6 Å². The van der Waals surface area contributed by atoms with Gasteiger partial charge in [-0.1, -0.05) is 41.8 Å². The Hall–Kier alpha value is -1.52. The summed E-state index contributed by atoms with van der Waals surface area (Å²) in [5, 5.41) is 2.68. The van der Waals surface area contributed by atoms with Crippen molar-refractivity contribution in [2.75, 3.05) is 0 Å². The van der Waals surface area contributed by atoms with Gasteiger partial charge in [-0.3, -0.25) is 0 Å². The van der Waals surface area contributed by atoms with Gasteiger partial charge < -0.3 is 0 Å². The highest BCUT2D eigenvalue weighted by Gasteiger charge is 2.06. The summed E-state index contributed by atoms with van der Waals surface area (Å²) in [5.74, 6) is 6.33. The van der Waals surface area contributed by atoms with Crippen LogP contribution in [0.15, 0.2) is 30.5 Å². The van der Waals surface area contributed by atoms with Gasteiger partial charge in [0.15, 0.2) is 0 Å². The molecule has 17 heavy (non-hydrogen) atoms. The van der Waals surface area contributed by atoms with Crippen LogP contribution in [0.1, 0.15) is 26.5 Å². The SMILES string of the molecule is CC(C)(C)C#Cc1ncc(Cl)c2ccccc12. The minimum absolute atomic E-state index is 0.0254. The van der Waals surface area contributed by atoms with Gasteiger partial charge in [-0.05, 0) is 26.7 Å². The average Bonchev–Trinajstić information content (AvgIpc) is 2.27. The second kappa shape index (κ2) is 4.39. The van der Waals surface area contributed by atoms with E-state index in [1.54, 1.807) is 6.20 Å². The van der Waals surface area contributed by atoms with Crippen LogP contribution >= 0.6 is 11.6 Å². The maximum absolute atomic E-state index is 6.11. The Morgan fingerprint density at radius 2 is 1.76 bits per heavy atom. The van der Waals surface area contributed by atoms with Crippen molar-refractivity contribution in [2.45, 2.75) is 20.8 Å². The Balaban J connectivity index is 2.63. The van der Waals surface area contributed by atoms with Crippen LogP contribution in [0.25, 0.3) is 10.8 Å². The van der Waals surface area contributed by atoms with E-state index in [0.717, 1.165) is 16.5 Å². The van der Waals surface area contributed by atoms with Crippen molar-refractivity contribution >= 4 is 22.4 Å². The lowest BCUT2D eigenvalue weighted by Crippen LogP contribution is -1.99. The van der Waals surface area contributed by atoms with Gasteiger partial charge in [-0.25, -0.2) is 4.98 Å². The van der Waals surface area contributed by atoms with E-state index in [9.17, 15) is 0 Å². The number of aromatic nitrogens is 1. The summed E-state index contributed by atoms with van der Waals surface area (Å²) in [4.78, 5) is 4.30. The fourth-order valence-electron chi connectivity index (χ4n) is 1.50. The van der Waals surface area contributed by atoms with Gasteiger partial charge in [0, 0.05) is 22.4 Å². The second-order valence-electron chi connectivity index (χ2n) is 5.00. The fraction of sp³-hybridized carbons (Fsp3) is 0.267. The van der Waals surface area contributed by atoms with Crippen molar-refractivity contribution in [2.24, 2.45) is 5.41 Å². The zero-order valence-corrected chi connectivity index (χ0v) is 11.0. The molecule has 0 aliphatic rings. The first-order valence-electron chi connectivity index (χ1n) is 5.54. The van der Waals surface area contributed by atoms with Crippen LogP contribution in [0, 0.1) is 17.3 Å². The van der Waals surface area contributed by atoms with Gasteiger partial charge in [0.05, 0.1) is 5.02 Å². The van der Waals surface area contributed by atoms with Crippen LogP contribution in [0.3, 0.4) is 0 Å². The lowest BCUT2D eigenvalue weighted by atomic mass is 9.97. The van der Waals surface area contributed by atoms with E-state index in [2.05, 4.69) is 37.6 Å². The third kappa shape index (κ3) is 2.78. The highest BCUT2D eigenvalue weighted by Crippen LogP contribution is 2.24. The molecule has 0 atom stereocenters. The lowest BCUT2D eigenvalue weighted by Gasteiger charge is -2.07. The molecule has 0 N–H and O–H groups in total. The van der Waals surface area contributed by atoms with Crippen LogP contribution in [0.2, 0.25) is 5.02 Å². The van der Waals surface area contributed by atoms with Crippen LogP contribution in [-0.2, 0) is 0 Å². The van der Waals surface area contributed by atoms with Crippen molar-refractivity contribution in [1.82, 2.24) is 4.98 Å². The van der Waals surface area contributed by atoms with Crippen molar-refractivity contribution in [1.29, 1.82) is 0 Å². The van der Waals surface area contributed by atoms with E-state index in [1.165, 1.54) is 0 Å². The highest BCUT2D eigenvalue weighted by atomic mass is 35.5. The maximum atomic E-state index is 6.11. The Bertz CT molecular complexity index is 612. The van der Waals surface area contributed by atoms with Gasteiger partial charge >= 0.3 is 0 Å². The van der Waals surface area contributed by atoms with E-state index in [0.29, 0.717) is 5.02 Å². The number of fused-ring (bicyclic) bond motifs is 1. The molecule has 1 aromatic carbocycles. The van der Waals surface area contributed by atoms with E-state index < -0.39 is 0 Å². The number of nitrogens with zero attached hydrogens (tertiary/aromatic N) is 1. The highest BCUT2D eigenvalue weighted by molar-refractivity contribution is 6.35. The molecule has 0 aliphatic heterocycles. The first kappa shape index (κ1) is 12.0. The number of rotatable bonds is 0. The molecule has 86 valence electrons. The second-order valence-corrected chi connectivity index (χ2v) is 5.41. The summed E-state index contributed by atoms with van der Waals surface area (Å²) in [7, 11) is 0. The predicted molar refractivity (Wildman–Crippen MR) is 73.1 cm³/mol. The van der Waals surface area contributed by atoms with Crippen molar-refractivity contribution < 1.29 is 0 Å². The number of benzene rings is 1. The monoisotopic (exact) mass is 243 g/mol. The number of pyridine rings is 1.